The molecular weight excluding hydrogens is 392 g/mol. The summed E-state index contributed by atoms with van der Waals surface area (Å²) in [5, 5.41) is 16.0. The topological polar surface area (TPSA) is 131 Å². The smallest absolute Gasteiger partial charge is 0.325 e. The van der Waals surface area contributed by atoms with Crippen LogP contribution in [0.3, 0.4) is 0 Å². The number of nitro groups is 1. The van der Waals surface area contributed by atoms with Crippen molar-refractivity contribution in [3.63, 3.8) is 0 Å². The van der Waals surface area contributed by atoms with E-state index in [0.29, 0.717) is 5.56 Å². The molecule has 10 heteroatoms. The number of hydrogen-bond donors (Lipinski definition) is 2. The van der Waals surface area contributed by atoms with E-state index in [1.165, 1.54) is 19.2 Å². The number of hydrogen-bond acceptors (Lipinski definition) is 6. The van der Waals surface area contributed by atoms with E-state index in [1.54, 1.807) is 19.1 Å². The summed E-state index contributed by atoms with van der Waals surface area (Å²) in [4.78, 5) is 48.9. The Hall–Kier alpha value is -3.95. The molecule has 156 valence electrons. The highest BCUT2D eigenvalue weighted by Crippen LogP contribution is 2.30. The SMILES string of the molecule is COc1cc([N+](=O)[O-])ccc1NC(=O)CN1C(=O)N[C@](C)(c2ccc(C)cc2)C1=O. The summed E-state index contributed by atoms with van der Waals surface area (Å²) in [6, 6.07) is 10.2. The third-order valence-electron chi connectivity index (χ3n) is 4.88. The molecule has 1 atom stereocenters. The van der Waals surface area contributed by atoms with E-state index in [0.717, 1.165) is 16.5 Å². The van der Waals surface area contributed by atoms with Crippen LogP contribution >= 0.6 is 0 Å². The maximum Gasteiger partial charge on any atom is 0.325 e. The van der Waals surface area contributed by atoms with Crippen molar-refractivity contribution in [1.29, 1.82) is 0 Å². The Kier molecular flexibility index (Phi) is 5.41. The highest BCUT2D eigenvalue weighted by molar-refractivity contribution is 6.10. The van der Waals surface area contributed by atoms with Crippen LogP contribution in [0.2, 0.25) is 0 Å². The van der Waals surface area contributed by atoms with E-state index < -0.39 is 34.9 Å². The average Bonchev–Trinajstić information content (AvgIpc) is 2.92. The number of ether oxygens (including phenoxy) is 1. The fourth-order valence-electron chi connectivity index (χ4n) is 3.15. The molecule has 1 aliphatic heterocycles. The van der Waals surface area contributed by atoms with Crippen LogP contribution in [0, 0.1) is 17.0 Å². The van der Waals surface area contributed by atoms with Gasteiger partial charge in [-0.25, -0.2) is 4.79 Å². The number of rotatable bonds is 6. The minimum absolute atomic E-state index is 0.0826. The number of non-ortho nitro benzene ring substituents is 1. The molecule has 0 bridgehead atoms. The van der Waals surface area contributed by atoms with Crippen molar-refractivity contribution >= 4 is 29.2 Å². The molecule has 0 spiro atoms. The summed E-state index contributed by atoms with van der Waals surface area (Å²) in [5.41, 5.74) is 0.309. The van der Waals surface area contributed by atoms with Crippen LogP contribution in [-0.2, 0) is 15.1 Å². The summed E-state index contributed by atoms with van der Waals surface area (Å²) in [6.07, 6.45) is 0. The highest BCUT2D eigenvalue weighted by atomic mass is 16.6. The standard InChI is InChI=1S/C20H20N4O6/c1-12-4-6-13(7-5-12)20(2)18(26)23(19(27)22-20)11-17(25)21-15-9-8-14(24(28)29)10-16(15)30-3/h4-10H,11H2,1-3H3,(H,21,25)(H,22,27)/t20-/m1/s1. The van der Waals surface area contributed by atoms with Gasteiger partial charge in [0.2, 0.25) is 5.91 Å². The van der Waals surface area contributed by atoms with Gasteiger partial charge in [-0.05, 0) is 25.5 Å². The first-order valence-electron chi connectivity index (χ1n) is 8.99. The molecule has 0 saturated carbocycles. The van der Waals surface area contributed by atoms with Crippen molar-refractivity contribution in [2.24, 2.45) is 0 Å². The first-order valence-corrected chi connectivity index (χ1v) is 8.99. The lowest BCUT2D eigenvalue weighted by atomic mass is 9.91. The van der Waals surface area contributed by atoms with Gasteiger partial charge >= 0.3 is 6.03 Å². The molecule has 3 rings (SSSR count). The largest absolute Gasteiger partial charge is 0.494 e. The molecule has 0 aliphatic carbocycles. The number of methoxy groups -OCH3 is 1. The molecule has 0 aromatic heterocycles. The van der Waals surface area contributed by atoms with E-state index in [2.05, 4.69) is 10.6 Å². The van der Waals surface area contributed by atoms with Gasteiger partial charge in [0.05, 0.1) is 23.8 Å². The number of carbonyl (C=O) groups is 3. The molecule has 1 fully saturated rings. The summed E-state index contributed by atoms with van der Waals surface area (Å²) in [7, 11) is 1.30. The number of carbonyl (C=O) groups excluding carboxylic acids is 3. The van der Waals surface area contributed by atoms with Crippen molar-refractivity contribution in [1.82, 2.24) is 10.2 Å². The van der Waals surface area contributed by atoms with Gasteiger partial charge in [-0.15, -0.1) is 0 Å². The second-order valence-corrected chi connectivity index (χ2v) is 7.00. The summed E-state index contributed by atoms with van der Waals surface area (Å²) < 4.78 is 5.07. The number of nitrogens with zero attached hydrogens (tertiary/aromatic N) is 2. The second-order valence-electron chi connectivity index (χ2n) is 7.00. The Bertz CT molecular complexity index is 1040. The van der Waals surface area contributed by atoms with Gasteiger partial charge in [-0.3, -0.25) is 24.6 Å². The number of aryl methyl sites for hydroxylation is 1. The van der Waals surface area contributed by atoms with E-state index in [-0.39, 0.29) is 17.1 Å². The predicted molar refractivity (Wildman–Crippen MR) is 107 cm³/mol. The molecule has 0 radical (unpaired) electrons. The molecular formula is C20H20N4O6. The third-order valence-corrected chi connectivity index (χ3v) is 4.88. The van der Waals surface area contributed by atoms with E-state index in [9.17, 15) is 24.5 Å². The van der Waals surface area contributed by atoms with Crippen LogP contribution in [0.15, 0.2) is 42.5 Å². The van der Waals surface area contributed by atoms with Gasteiger partial charge in [0.25, 0.3) is 11.6 Å². The van der Waals surface area contributed by atoms with Crippen molar-refractivity contribution in [2.45, 2.75) is 19.4 Å². The first kappa shape index (κ1) is 20.8. The molecule has 2 aromatic rings. The van der Waals surface area contributed by atoms with Gasteiger partial charge in [-0.2, -0.15) is 0 Å². The second kappa shape index (κ2) is 7.82. The Morgan fingerprint density at radius 2 is 1.90 bits per heavy atom. The molecule has 2 aromatic carbocycles. The molecule has 0 unspecified atom stereocenters. The van der Waals surface area contributed by atoms with Gasteiger partial charge < -0.3 is 15.4 Å². The first-order chi connectivity index (χ1) is 14.2. The number of benzene rings is 2. The number of urea groups is 1. The van der Waals surface area contributed by atoms with Crippen LogP contribution < -0.4 is 15.4 Å². The van der Waals surface area contributed by atoms with Gasteiger partial charge in [0, 0.05) is 6.07 Å². The van der Waals surface area contributed by atoms with Crippen molar-refractivity contribution in [2.75, 3.05) is 19.0 Å². The van der Waals surface area contributed by atoms with Crippen molar-refractivity contribution < 1.29 is 24.0 Å². The number of imide groups is 1. The molecule has 4 amide bonds. The normalized spacial score (nSPS) is 18.2. The monoisotopic (exact) mass is 412 g/mol. The van der Waals surface area contributed by atoms with E-state index >= 15 is 0 Å². The molecule has 30 heavy (non-hydrogen) atoms. The fraction of sp³-hybridized carbons (Fsp3) is 0.250. The lowest BCUT2D eigenvalue weighted by Crippen LogP contribution is -2.42. The lowest BCUT2D eigenvalue weighted by molar-refractivity contribution is -0.384. The van der Waals surface area contributed by atoms with Crippen LogP contribution in [0.1, 0.15) is 18.1 Å². The highest BCUT2D eigenvalue weighted by Gasteiger charge is 2.49. The fourth-order valence-corrected chi connectivity index (χ4v) is 3.15. The third kappa shape index (κ3) is 3.79. The van der Waals surface area contributed by atoms with Crippen LogP contribution in [-0.4, -0.2) is 41.3 Å². The van der Waals surface area contributed by atoms with Crippen LogP contribution in [0.5, 0.6) is 5.75 Å². The summed E-state index contributed by atoms with van der Waals surface area (Å²) >= 11 is 0. The Morgan fingerprint density at radius 1 is 1.23 bits per heavy atom. The van der Waals surface area contributed by atoms with Crippen molar-refractivity contribution in [3.8, 4) is 5.75 Å². The zero-order valence-electron chi connectivity index (χ0n) is 16.6. The predicted octanol–water partition coefficient (Wildman–Crippen LogP) is 2.32. The van der Waals surface area contributed by atoms with Gasteiger partial charge in [-0.1, -0.05) is 29.8 Å². The van der Waals surface area contributed by atoms with Gasteiger partial charge in [0.15, 0.2) is 0 Å². The molecule has 2 N–H and O–H groups in total. The minimum Gasteiger partial charge on any atom is -0.494 e. The minimum atomic E-state index is -1.28. The Morgan fingerprint density at radius 3 is 2.50 bits per heavy atom. The van der Waals surface area contributed by atoms with Crippen LogP contribution in [0.25, 0.3) is 0 Å². The number of amides is 4. The van der Waals surface area contributed by atoms with E-state index in [4.69, 9.17) is 4.74 Å². The zero-order valence-corrected chi connectivity index (χ0v) is 16.6. The molecule has 10 nitrogen and oxygen atoms in total. The quantitative estimate of drug-likeness (QED) is 0.425. The average molecular weight is 412 g/mol. The number of nitro benzene ring substituents is 1. The maximum absolute atomic E-state index is 12.9. The lowest BCUT2D eigenvalue weighted by Gasteiger charge is -2.22. The maximum atomic E-state index is 12.9. The zero-order chi connectivity index (χ0) is 22.1. The summed E-state index contributed by atoms with van der Waals surface area (Å²) in [6.45, 7) is 2.96. The molecule has 1 saturated heterocycles. The van der Waals surface area contributed by atoms with Gasteiger partial charge in [0.1, 0.15) is 17.8 Å². The summed E-state index contributed by atoms with van der Waals surface area (Å²) in [5.74, 6) is -1.12. The Balaban J connectivity index is 1.76. The molecule has 1 heterocycles. The van der Waals surface area contributed by atoms with Crippen LogP contribution in [0.4, 0.5) is 16.2 Å². The Labute approximate surface area is 172 Å². The molecule has 1 aliphatic rings. The van der Waals surface area contributed by atoms with E-state index in [1.807, 2.05) is 19.1 Å². The number of anilines is 1. The van der Waals surface area contributed by atoms with Crippen molar-refractivity contribution in [3.05, 3.63) is 63.7 Å². The number of nitrogens with one attached hydrogen (secondary N) is 2.